The van der Waals surface area contributed by atoms with E-state index in [9.17, 15) is 18.8 Å². The van der Waals surface area contributed by atoms with Crippen LogP contribution in [-0.2, 0) is 0 Å². The number of pyridine rings is 1. The average molecular weight is 543 g/mol. The lowest BCUT2D eigenvalue weighted by atomic mass is 10.1. The van der Waals surface area contributed by atoms with Gasteiger partial charge in [-0.25, -0.2) is 13.8 Å². The van der Waals surface area contributed by atoms with Crippen LogP contribution in [0.3, 0.4) is 0 Å². The molecular formula is C29H23FN4O6. The standard InChI is InChI=1S/C29H23FN4O6/c1-16-12-18(33-27(35)21-15-32-29(37)34(28(21)36)19-7-4-17(30)5-8-19)6-9-23(16)40-24-10-11-31-22-14-26(39-3)25(38-2)13-20(22)24/h4-15H,1-3H3,(H,32,37)(H,33,35). The summed E-state index contributed by atoms with van der Waals surface area (Å²) in [6, 6.07) is 15.0. The van der Waals surface area contributed by atoms with Crippen LogP contribution in [0.1, 0.15) is 15.9 Å². The molecule has 0 bridgehead atoms. The predicted molar refractivity (Wildman–Crippen MR) is 147 cm³/mol. The molecule has 0 aliphatic rings. The van der Waals surface area contributed by atoms with E-state index in [1.807, 2.05) is 0 Å². The maximum atomic E-state index is 13.3. The van der Waals surface area contributed by atoms with Gasteiger partial charge in [-0.1, -0.05) is 0 Å². The molecule has 1 amide bonds. The molecule has 0 aliphatic carbocycles. The first-order chi connectivity index (χ1) is 19.3. The Bertz CT molecular complexity index is 1860. The maximum absolute atomic E-state index is 13.3. The van der Waals surface area contributed by atoms with Crippen molar-refractivity contribution in [2.75, 3.05) is 19.5 Å². The Balaban J connectivity index is 1.40. The third-order valence-corrected chi connectivity index (χ3v) is 6.17. The molecular weight excluding hydrogens is 519 g/mol. The van der Waals surface area contributed by atoms with E-state index in [0.29, 0.717) is 45.2 Å². The van der Waals surface area contributed by atoms with E-state index in [0.717, 1.165) is 22.9 Å². The van der Waals surface area contributed by atoms with Crippen molar-refractivity contribution in [2.45, 2.75) is 6.92 Å². The van der Waals surface area contributed by atoms with E-state index in [1.165, 1.54) is 12.1 Å². The summed E-state index contributed by atoms with van der Waals surface area (Å²) in [4.78, 5) is 45.0. The molecule has 0 radical (unpaired) electrons. The normalized spacial score (nSPS) is 10.8. The largest absolute Gasteiger partial charge is 0.493 e. The Morgan fingerprint density at radius 2 is 1.65 bits per heavy atom. The predicted octanol–water partition coefficient (Wildman–Crippen LogP) is 4.58. The summed E-state index contributed by atoms with van der Waals surface area (Å²) in [5.41, 5.74) is -0.0164. The highest BCUT2D eigenvalue weighted by atomic mass is 19.1. The van der Waals surface area contributed by atoms with Gasteiger partial charge in [0.15, 0.2) is 11.5 Å². The Labute approximate surface area is 226 Å². The zero-order valence-corrected chi connectivity index (χ0v) is 21.7. The number of nitrogens with zero attached hydrogens (tertiary/aromatic N) is 2. The van der Waals surface area contributed by atoms with Gasteiger partial charge in [0.1, 0.15) is 22.9 Å². The van der Waals surface area contributed by atoms with Crippen molar-refractivity contribution in [3.63, 3.8) is 0 Å². The van der Waals surface area contributed by atoms with Gasteiger partial charge in [-0.3, -0.25) is 14.6 Å². The third-order valence-electron chi connectivity index (χ3n) is 6.17. The molecule has 2 N–H and O–H groups in total. The number of hydrogen-bond acceptors (Lipinski definition) is 7. The van der Waals surface area contributed by atoms with Gasteiger partial charge in [0, 0.05) is 29.5 Å². The van der Waals surface area contributed by atoms with E-state index in [2.05, 4.69) is 15.3 Å². The molecule has 0 saturated carbocycles. The van der Waals surface area contributed by atoms with Gasteiger partial charge in [-0.2, -0.15) is 0 Å². The van der Waals surface area contributed by atoms with E-state index in [1.54, 1.807) is 63.7 Å². The van der Waals surface area contributed by atoms with Crippen molar-refractivity contribution in [3.8, 4) is 28.7 Å². The Morgan fingerprint density at radius 1 is 0.925 bits per heavy atom. The number of ether oxygens (including phenoxy) is 3. The molecule has 3 aromatic carbocycles. The number of rotatable bonds is 7. The molecule has 0 spiro atoms. The number of nitrogens with one attached hydrogen (secondary N) is 2. The minimum atomic E-state index is -0.846. The fraction of sp³-hybridized carbons (Fsp3) is 0.103. The first-order valence-corrected chi connectivity index (χ1v) is 12.0. The van der Waals surface area contributed by atoms with Crippen LogP contribution in [0.15, 0.2) is 82.6 Å². The number of H-pyrrole nitrogens is 1. The average Bonchev–Trinajstić information content (AvgIpc) is 2.94. The number of aromatic amines is 1. The van der Waals surface area contributed by atoms with E-state index >= 15 is 0 Å². The van der Waals surface area contributed by atoms with Gasteiger partial charge in [-0.05, 0) is 67.1 Å². The van der Waals surface area contributed by atoms with Crippen LogP contribution in [0, 0.1) is 12.7 Å². The van der Waals surface area contributed by atoms with E-state index in [4.69, 9.17) is 14.2 Å². The van der Waals surface area contributed by atoms with Crippen LogP contribution in [0.2, 0.25) is 0 Å². The first-order valence-electron chi connectivity index (χ1n) is 12.0. The highest BCUT2D eigenvalue weighted by Crippen LogP contribution is 2.37. The lowest BCUT2D eigenvalue weighted by Gasteiger charge is -2.14. The first kappa shape index (κ1) is 26.2. The summed E-state index contributed by atoms with van der Waals surface area (Å²) < 4.78 is 31.0. The molecule has 40 heavy (non-hydrogen) atoms. The second-order valence-corrected chi connectivity index (χ2v) is 8.69. The molecule has 5 aromatic rings. The molecule has 2 aromatic heterocycles. The number of methoxy groups -OCH3 is 2. The number of aromatic nitrogens is 3. The highest BCUT2D eigenvalue weighted by Gasteiger charge is 2.17. The van der Waals surface area contributed by atoms with Gasteiger partial charge in [0.2, 0.25) is 0 Å². The van der Waals surface area contributed by atoms with Gasteiger partial charge in [0.25, 0.3) is 11.5 Å². The summed E-state index contributed by atoms with van der Waals surface area (Å²) in [5.74, 6) is 0.892. The van der Waals surface area contributed by atoms with Crippen LogP contribution >= 0.6 is 0 Å². The smallest absolute Gasteiger partial charge is 0.333 e. The number of aryl methyl sites for hydroxylation is 1. The van der Waals surface area contributed by atoms with Gasteiger partial charge < -0.3 is 24.5 Å². The molecule has 0 atom stereocenters. The SMILES string of the molecule is COc1cc2nccc(Oc3ccc(NC(=O)c4c[nH]c(=O)n(-c5ccc(F)cc5)c4=O)cc3C)c2cc1OC. The molecule has 0 aliphatic heterocycles. The molecule has 0 saturated heterocycles. The topological polar surface area (TPSA) is 125 Å². The van der Waals surface area contributed by atoms with E-state index in [-0.39, 0.29) is 11.3 Å². The number of fused-ring (bicyclic) bond motifs is 1. The molecule has 5 rings (SSSR count). The fourth-order valence-corrected chi connectivity index (χ4v) is 4.16. The van der Waals surface area contributed by atoms with Gasteiger partial charge in [-0.15, -0.1) is 0 Å². The molecule has 0 fully saturated rings. The monoisotopic (exact) mass is 542 g/mol. The van der Waals surface area contributed by atoms with Crippen molar-refractivity contribution in [1.82, 2.24) is 14.5 Å². The highest BCUT2D eigenvalue weighted by molar-refractivity contribution is 6.04. The molecule has 2 heterocycles. The third kappa shape index (κ3) is 4.99. The number of anilines is 1. The van der Waals surface area contributed by atoms with Crippen LogP contribution < -0.4 is 30.8 Å². The van der Waals surface area contributed by atoms with Crippen molar-refractivity contribution >= 4 is 22.5 Å². The molecule has 202 valence electrons. The van der Waals surface area contributed by atoms with Crippen molar-refractivity contribution in [1.29, 1.82) is 0 Å². The van der Waals surface area contributed by atoms with E-state index < -0.39 is 23.0 Å². The minimum Gasteiger partial charge on any atom is -0.493 e. The number of halogens is 1. The zero-order chi connectivity index (χ0) is 28.4. The summed E-state index contributed by atoms with van der Waals surface area (Å²) in [6.45, 7) is 1.81. The van der Waals surface area contributed by atoms with Crippen molar-refractivity contribution in [3.05, 3.63) is 111 Å². The Hall–Kier alpha value is -5.45. The number of carbonyl (C=O) groups excluding carboxylic acids is 1. The maximum Gasteiger partial charge on any atom is 0.333 e. The number of benzene rings is 3. The summed E-state index contributed by atoms with van der Waals surface area (Å²) in [7, 11) is 3.09. The molecule has 10 nitrogen and oxygen atoms in total. The summed E-state index contributed by atoms with van der Waals surface area (Å²) in [5, 5.41) is 3.38. The minimum absolute atomic E-state index is 0.124. The lowest BCUT2D eigenvalue weighted by Crippen LogP contribution is -2.38. The van der Waals surface area contributed by atoms with Gasteiger partial charge in [0.05, 0.1) is 25.4 Å². The van der Waals surface area contributed by atoms with Crippen LogP contribution in [0.25, 0.3) is 16.6 Å². The zero-order valence-electron chi connectivity index (χ0n) is 21.7. The molecule has 0 unspecified atom stereocenters. The van der Waals surface area contributed by atoms with Gasteiger partial charge >= 0.3 is 5.69 Å². The van der Waals surface area contributed by atoms with Crippen LogP contribution in [-0.4, -0.2) is 34.7 Å². The van der Waals surface area contributed by atoms with Crippen molar-refractivity contribution < 1.29 is 23.4 Å². The Morgan fingerprint density at radius 3 is 2.35 bits per heavy atom. The van der Waals surface area contributed by atoms with Crippen LogP contribution in [0.4, 0.5) is 10.1 Å². The summed E-state index contributed by atoms with van der Waals surface area (Å²) >= 11 is 0. The second kappa shape index (κ2) is 10.7. The second-order valence-electron chi connectivity index (χ2n) is 8.69. The lowest BCUT2D eigenvalue weighted by molar-refractivity contribution is 0.102. The number of hydrogen-bond donors (Lipinski definition) is 2. The van der Waals surface area contributed by atoms with Crippen LogP contribution in [0.5, 0.6) is 23.0 Å². The quantitative estimate of drug-likeness (QED) is 0.308. The Kier molecular flexibility index (Phi) is 7.02. The summed E-state index contributed by atoms with van der Waals surface area (Å²) in [6.07, 6.45) is 2.67. The number of amides is 1. The molecule has 11 heteroatoms. The fourth-order valence-electron chi connectivity index (χ4n) is 4.16. The van der Waals surface area contributed by atoms with Crippen molar-refractivity contribution in [2.24, 2.45) is 0 Å². The number of carbonyl (C=O) groups is 1.